The van der Waals surface area contributed by atoms with Crippen molar-refractivity contribution in [2.45, 2.75) is 59.2 Å². The van der Waals surface area contributed by atoms with Gasteiger partial charge in [-0.15, -0.1) is 0 Å². The fourth-order valence-corrected chi connectivity index (χ4v) is 1.74. The number of rotatable bonds is 18. The summed E-state index contributed by atoms with van der Waals surface area (Å²) >= 11 is 0. The lowest BCUT2D eigenvalue weighted by molar-refractivity contribution is -0.161. The molecule has 22 heavy (non-hydrogen) atoms. The van der Waals surface area contributed by atoms with E-state index in [9.17, 15) is 0 Å². The Kier molecular flexibility index (Phi) is 18.7. The van der Waals surface area contributed by atoms with E-state index in [4.69, 9.17) is 23.7 Å². The molecule has 0 fully saturated rings. The van der Waals surface area contributed by atoms with Gasteiger partial charge in [-0.05, 0) is 19.3 Å². The summed E-state index contributed by atoms with van der Waals surface area (Å²) in [6, 6.07) is 0. The Morgan fingerprint density at radius 1 is 0.545 bits per heavy atom. The van der Waals surface area contributed by atoms with Crippen molar-refractivity contribution in [3.05, 3.63) is 0 Å². The first-order chi connectivity index (χ1) is 10.8. The topological polar surface area (TPSA) is 46.2 Å². The molecule has 1 unspecified atom stereocenters. The third-order valence-corrected chi connectivity index (χ3v) is 2.95. The van der Waals surface area contributed by atoms with Crippen LogP contribution in [0.5, 0.6) is 0 Å². The van der Waals surface area contributed by atoms with E-state index in [2.05, 4.69) is 20.8 Å². The van der Waals surface area contributed by atoms with Crippen LogP contribution in [0.4, 0.5) is 0 Å². The summed E-state index contributed by atoms with van der Waals surface area (Å²) in [5.74, 6) is 0. The molecule has 0 spiro atoms. The SMILES string of the molecule is CCCCOCCOCCOC(CCC)OCCOCCC. The normalized spacial score (nSPS) is 12.7. The van der Waals surface area contributed by atoms with E-state index in [1.807, 2.05) is 0 Å². The van der Waals surface area contributed by atoms with E-state index in [0.717, 1.165) is 45.3 Å². The van der Waals surface area contributed by atoms with E-state index in [-0.39, 0.29) is 6.29 Å². The molecule has 0 aliphatic rings. The fraction of sp³-hybridized carbons (Fsp3) is 1.00. The molecule has 0 aromatic carbocycles. The molecule has 0 saturated heterocycles. The van der Waals surface area contributed by atoms with Crippen LogP contribution in [-0.2, 0) is 23.7 Å². The first-order valence-corrected chi connectivity index (χ1v) is 8.81. The van der Waals surface area contributed by atoms with Crippen molar-refractivity contribution in [2.24, 2.45) is 0 Å². The average molecular weight is 320 g/mol. The number of hydrogen-bond donors (Lipinski definition) is 0. The van der Waals surface area contributed by atoms with Crippen molar-refractivity contribution < 1.29 is 23.7 Å². The number of hydrogen-bond acceptors (Lipinski definition) is 5. The van der Waals surface area contributed by atoms with Gasteiger partial charge >= 0.3 is 0 Å². The molecule has 0 N–H and O–H groups in total. The Hall–Kier alpha value is -0.200. The minimum Gasteiger partial charge on any atom is -0.379 e. The Labute approximate surface area is 136 Å². The van der Waals surface area contributed by atoms with Crippen molar-refractivity contribution in [3.8, 4) is 0 Å². The first kappa shape index (κ1) is 21.8. The Bertz CT molecular complexity index is 201. The molecule has 0 aromatic rings. The predicted octanol–water partition coefficient (Wildman–Crippen LogP) is 3.41. The van der Waals surface area contributed by atoms with E-state index >= 15 is 0 Å². The highest BCUT2D eigenvalue weighted by Crippen LogP contribution is 2.04. The molecular formula is C17H36O5. The minimum absolute atomic E-state index is 0.153. The van der Waals surface area contributed by atoms with Gasteiger partial charge in [-0.2, -0.15) is 0 Å². The van der Waals surface area contributed by atoms with E-state index < -0.39 is 0 Å². The molecule has 0 aliphatic carbocycles. The quantitative estimate of drug-likeness (QED) is 0.286. The lowest BCUT2D eigenvalue weighted by atomic mass is 10.3. The summed E-state index contributed by atoms with van der Waals surface area (Å²) in [5, 5.41) is 0. The van der Waals surface area contributed by atoms with Crippen LogP contribution in [0.2, 0.25) is 0 Å². The first-order valence-electron chi connectivity index (χ1n) is 8.81. The van der Waals surface area contributed by atoms with Crippen LogP contribution in [0.15, 0.2) is 0 Å². The molecule has 0 aliphatic heterocycles. The second-order valence-electron chi connectivity index (χ2n) is 5.15. The van der Waals surface area contributed by atoms with Crippen molar-refractivity contribution in [1.82, 2.24) is 0 Å². The molecule has 5 heteroatoms. The van der Waals surface area contributed by atoms with Gasteiger partial charge < -0.3 is 23.7 Å². The van der Waals surface area contributed by atoms with Crippen LogP contribution >= 0.6 is 0 Å². The summed E-state index contributed by atoms with van der Waals surface area (Å²) < 4.78 is 27.6. The van der Waals surface area contributed by atoms with Crippen LogP contribution in [-0.4, -0.2) is 59.1 Å². The maximum absolute atomic E-state index is 5.69. The zero-order valence-corrected chi connectivity index (χ0v) is 14.8. The highest BCUT2D eigenvalue weighted by Gasteiger charge is 2.07. The Balaban J connectivity index is 3.40. The van der Waals surface area contributed by atoms with Crippen molar-refractivity contribution in [3.63, 3.8) is 0 Å². The van der Waals surface area contributed by atoms with Crippen LogP contribution in [0, 0.1) is 0 Å². The van der Waals surface area contributed by atoms with Gasteiger partial charge in [0, 0.05) is 13.2 Å². The molecule has 0 heterocycles. The maximum atomic E-state index is 5.69. The molecular weight excluding hydrogens is 284 g/mol. The standard InChI is InChI=1S/C17H36O5/c1-4-7-10-19-11-12-20-14-16-22-17(8-5-2)21-15-13-18-9-6-3/h17H,4-16H2,1-3H3. The summed E-state index contributed by atoms with van der Waals surface area (Å²) in [4.78, 5) is 0. The smallest absolute Gasteiger partial charge is 0.157 e. The van der Waals surface area contributed by atoms with Gasteiger partial charge in [0.2, 0.25) is 0 Å². The second-order valence-corrected chi connectivity index (χ2v) is 5.15. The third kappa shape index (κ3) is 16.2. The van der Waals surface area contributed by atoms with Gasteiger partial charge in [-0.3, -0.25) is 0 Å². The van der Waals surface area contributed by atoms with Crippen LogP contribution in [0.25, 0.3) is 0 Å². The second kappa shape index (κ2) is 18.8. The molecule has 0 bridgehead atoms. The summed E-state index contributed by atoms with van der Waals surface area (Å²) in [6.45, 7) is 11.6. The summed E-state index contributed by atoms with van der Waals surface area (Å²) in [7, 11) is 0. The molecule has 5 nitrogen and oxygen atoms in total. The van der Waals surface area contributed by atoms with Crippen molar-refractivity contribution in [1.29, 1.82) is 0 Å². The zero-order valence-electron chi connectivity index (χ0n) is 14.8. The molecule has 0 aromatic heterocycles. The van der Waals surface area contributed by atoms with Gasteiger partial charge in [-0.25, -0.2) is 0 Å². The summed E-state index contributed by atoms with van der Waals surface area (Å²) in [6.07, 6.45) is 5.09. The zero-order chi connectivity index (χ0) is 16.3. The Morgan fingerprint density at radius 2 is 1.09 bits per heavy atom. The molecule has 0 amide bonds. The van der Waals surface area contributed by atoms with Gasteiger partial charge in [0.05, 0.1) is 39.6 Å². The van der Waals surface area contributed by atoms with Gasteiger partial charge in [0.25, 0.3) is 0 Å². The highest BCUT2D eigenvalue weighted by atomic mass is 16.7. The van der Waals surface area contributed by atoms with Gasteiger partial charge in [-0.1, -0.05) is 33.6 Å². The molecule has 0 radical (unpaired) electrons. The monoisotopic (exact) mass is 320 g/mol. The predicted molar refractivity (Wildman–Crippen MR) is 88.3 cm³/mol. The fourth-order valence-electron chi connectivity index (χ4n) is 1.74. The minimum atomic E-state index is -0.153. The summed E-state index contributed by atoms with van der Waals surface area (Å²) in [5.41, 5.74) is 0. The largest absolute Gasteiger partial charge is 0.379 e. The number of ether oxygens (including phenoxy) is 5. The molecule has 134 valence electrons. The van der Waals surface area contributed by atoms with Crippen molar-refractivity contribution >= 4 is 0 Å². The lowest BCUT2D eigenvalue weighted by Crippen LogP contribution is -2.22. The van der Waals surface area contributed by atoms with Crippen LogP contribution in [0.3, 0.4) is 0 Å². The Morgan fingerprint density at radius 3 is 1.64 bits per heavy atom. The number of unbranched alkanes of at least 4 members (excludes halogenated alkanes) is 1. The highest BCUT2D eigenvalue weighted by molar-refractivity contribution is 4.45. The maximum Gasteiger partial charge on any atom is 0.157 e. The lowest BCUT2D eigenvalue weighted by Gasteiger charge is -2.18. The van der Waals surface area contributed by atoms with Crippen molar-refractivity contribution in [2.75, 3.05) is 52.9 Å². The third-order valence-electron chi connectivity index (χ3n) is 2.95. The average Bonchev–Trinajstić information content (AvgIpc) is 2.53. The van der Waals surface area contributed by atoms with Gasteiger partial charge in [0.15, 0.2) is 6.29 Å². The molecule has 0 saturated carbocycles. The van der Waals surface area contributed by atoms with Crippen LogP contribution in [0.1, 0.15) is 52.9 Å². The van der Waals surface area contributed by atoms with E-state index in [0.29, 0.717) is 39.6 Å². The molecule has 0 rings (SSSR count). The van der Waals surface area contributed by atoms with E-state index in [1.54, 1.807) is 0 Å². The van der Waals surface area contributed by atoms with E-state index in [1.165, 1.54) is 0 Å². The molecule has 1 atom stereocenters. The van der Waals surface area contributed by atoms with Gasteiger partial charge in [0.1, 0.15) is 0 Å². The van der Waals surface area contributed by atoms with Crippen LogP contribution < -0.4 is 0 Å².